The normalized spacial score (nSPS) is 22.5. The number of nitrogens with zero attached hydrogens (tertiary/aromatic N) is 6. The molecule has 0 bridgehead atoms. The molecule has 0 saturated carbocycles. The van der Waals surface area contributed by atoms with Crippen LogP contribution in [-0.2, 0) is 9.47 Å². The lowest BCUT2D eigenvalue weighted by Crippen LogP contribution is -2.20. The molecule has 0 aromatic heterocycles. The molecule has 0 radical (unpaired) electrons. The van der Waals surface area contributed by atoms with Gasteiger partial charge in [0.1, 0.15) is 12.2 Å². The number of anilines is 2. The minimum atomic E-state index is -0.390. The maximum Gasteiger partial charge on any atom is 0.277 e. The van der Waals surface area contributed by atoms with E-state index in [0.29, 0.717) is 58.1 Å². The molecular formula is C44H40N6O10. The van der Waals surface area contributed by atoms with Gasteiger partial charge in [0, 0.05) is 37.4 Å². The highest BCUT2D eigenvalue weighted by Crippen LogP contribution is 2.44. The zero-order chi connectivity index (χ0) is 41.7. The molecule has 4 aliphatic heterocycles. The van der Waals surface area contributed by atoms with E-state index < -0.39 is 0 Å². The Labute approximate surface area is 344 Å². The van der Waals surface area contributed by atoms with Crippen molar-refractivity contribution < 1.29 is 38.3 Å². The maximum absolute atomic E-state index is 12.2. The van der Waals surface area contributed by atoms with Gasteiger partial charge < -0.3 is 28.4 Å². The number of hydrogen-bond donors (Lipinski definition) is 0. The number of hydrazone groups is 2. The molecular weight excluding hydrogens is 773 g/mol. The van der Waals surface area contributed by atoms with Crippen molar-refractivity contribution in [3.8, 4) is 45.3 Å². The summed E-state index contributed by atoms with van der Waals surface area (Å²) in [6.07, 6.45) is 4.10. The number of nitro benzene ring substituents is 2. The highest BCUT2D eigenvalue weighted by Gasteiger charge is 2.38. The number of epoxide rings is 2. The number of nitro groups is 2. The molecule has 16 nitrogen and oxygen atoms in total. The minimum Gasteiger partial charge on any atom is -0.493 e. The fourth-order valence-electron chi connectivity index (χ4n) is 7.63. The largest absolute Gasteiger partial charge is 0.493 e. The Balaban J connectivity index is 0.961. The second-order valence-electron chi connectivity index (χ2n) is 14.8. The second-order valence-corrected chi connectivity index (χ2v) is 14.8. The smallest absolute Gasteiger partial charge is 0.277 e. The third-order valence-corrected chi connectivity index (χ3v) is 11.0. The van der Waals surface area contributed by atoms with Gasteiger partial charge in [-0.15, -0.1) is 0 Å². The first-order valence-electron chi connectivity index (χ1n) is 19.4. The molecule has 0 spiro atoms. The van der Waals surface area contributed by atoms with Gasteiger partial charge in [-0.3, -0.25) is 30.2 Å². The van der Waals surface area contributed by atoms with Gasteiger partial charge >= 0.3 is 0 Å². The van der Waals surface area contributed by atoms with Gasteiger partial charge in [0.2, 0.25) is 12.6 Å². The molecule has 4 heterocycles. The molecule has 306 valence electrons. The van der Waals surface area contributed by atoms with Crippen molar-refractivity contribution in [3.63, 3.8) is 0 Å². The summed E-state index contributed by atoms with van der Waals surface area (Å²) in [5.41, 5.74) is 5.35. The summed E-state index contributed by atoms with van der Waals surface area (Å²) in [5, 5.41) is 37.6. The molecule has 5 aromatic rings. The van der Waals surface area contributed by atoms with Crippen LogP contribution in [0.5, 0.6) is 23.0 Å². The molecule has 0 aliphatic carbocycles. The monoisotopic (exact) mass is 812 g/mol. The minimum absolute atomic E-state index is 0.0178. The third-order valence-electron chi connectivity index (χ3n) is 11.0. The number of hydrogen-bond acceptors (Lipinski definition) is 14. The van der Waals surface area contributed by atoms with Crippen LogP contribution in [0.3, 0.4) is 0 Å². The molecule has 6 unspecified atom stereocenters. The lowest BCUT2D eigenvalue weighted by atomic mass is 9.96. The molecule has 2 saturated heterocycles. The highest BCUT2D eigenvalue weighted by atomic mass is 16.8. The maximum atomic E-state index is 12.2. The fourth-order valence-corrected chi connectivity index (χ4v) is 7.63. The molecule has 4 aliphatic rings. The highest BCUT2D eigenvalue weighted by molar-refractivity contribution is 5.79. The van der Waals surface area contributed by atoms with E-state index in [0.717, 1.165) is 22.5 Å². The van der Waals surface area contributed by atoms with Crippen molar-refractivity contribution in [1.29, 1.82) is 0 Å². The first-order chi connectivity index (χ1) is 29.1. The zero-order valence-electron chi connectivity index (χ0n) is 33.0. The number of ether oxygens (including phenoxy) is 6. The van der Waals surface area contributed by atoms with E-state index in [4.69, 9.17) is 38.6 Å². The second kappa shape index (κ2) is 15.6. The summed E-state index contributed by atoms with van der Waals surface area (Å²) in [5.74, 6) is 1.86. The zero-order valence-corrected chi connectivity index (χ0v) is 33.0. The molecule has 0 amide bonds. The van der Waals surface area contributed by atoms with Crippen molar-refractivity contribution in [2.75, 3.05) is 24.2 Å². The Morgan fingerprint density at radius 2 is 0.983 bits per heavy atom. The van der Waals surface area contributed by atoms with Gasteiger partial charge in [-0.1, -0.05) is 12.1 Å². The number of rotatable bonds is 14. The molecule has 5 aromatic carbocycles. The van der Waals surface area contributed by atoms with Gasteiger partial charge in [0.05, 0.1) is 58.7 Å². The van der Waals surface area contributed by atoms with Crippen molar-refractivity contribution in [2.24, 2.45) is 10.2 Å². The van der Waals surface area contributed by atoms with Crippen LogP contribution >= 0.6 is 0 Å². The van der Waals surface area contributed by atoms with Crippen LogP contribution in [0.25, 0.3) is 22.3 Å². The van der Waals surface area contributed by atoms with Crippen LogP contribution in [0.4, 0.5) is 22.7 Å². The van der Waals surface area contributed by atoms with E-state index in [9.17, 15) is 20.2 Å². The summed E-state index contributed by atoms with van der Waals surface area (Å²) >= 11 is 0. The van der Waals surface area contributed by atoms with Crippen LogP contribution in [0.15, 0.2) is 107 Å². The van der Waals surface area contributed by atoms with Crippen LogP contribution in [0.2, 0.25) is 0 Å². The Morgan fingerprint density at radius 3 is 1.33 bits per heavy atom. The van der Waals surface area contributed by atoms with E-state index >= 15 is 0 Å². The van der Waals surface area contributed by atoms with Crippen LogP contribution in [0, 0.1) is 20.2 Å². The standard InChI is InChI=1S/C44H40N6O10/c1-25-43(57-25)59-39-15-7-27(23-41(39)55-3)33-21-29(5-13-37(33)49(51)52)35-17-19-45-47(35)31-9-11-32(12-10-31)48-36(18-20-46-48)30-6-14-38(50(53)54)34(22-30)28-8-16-40(42(24-28)56-4)60-44-26(2)58-44/h5-16,19-26,35-36,43-44H,17-18H2,1-4H3. The van der Waals surface area contributed by atoms with Gasteiger partial charge in [-0.2, -0.15) is 10.2 Å². The van der Waals surface area contributed by atoms with Crippen LogP contribution in [-0.4, -0.2) is 61.3 Å². The SMILES string of the molecule is COc1cc(-c2cc(C3CC=NN3c3ccc(N4N=CCC4c4ccc([N+](=O)[O-])c(-c5ccc(OC6OC6C)c(OC)c5)c4)cc3)ccc2[N+](=O)[O-])ccc1OC1OC1C. The Morgan fingerprint density at radius 1 is 0.583 bits per heavy atom. The quantitative estimate of drug-likeness (QED) is 0.0591. The van der Waals surface area contributed by atoms with E-state index in [1.54, 1.807) is 48.5 Å². The summed E-state index contributed by atoms with van der Waals surface area (Å²) in [4.78, 5) is 23.7. The summed E-state index contributed by atoms with van der Waals surface area (Å²) in [6, 6.07) is 28.1. The van der Waals surface area contributed by atoms with Crippen molar-refractivity contribution in [2.45, 2.75) is 63.6 Å². The van der Waals surface area contributed by atoms with E-state index in [1.165, 1.54) is 26.4 Å². The van der Waals surface area contributed by atoms with Gasteiger partial charge in [0.15, 0.2) is 23.0 Å². The van der Waals surface area contributed by atoms with Gasteiger partial charge in [0.25, 0.3) is 11.4 Å². The van der Waals surface area contributed by atoms with E-state index in [-0.39, 0.29) is 58.1 Å². The molecule has 2 fully saturated rings. The van der Waals surface area contributed by atoms with Crippen molar-refractivity contribution >= 4 is 35.2 Å². The predicted octanol–water partition coefficient (Wildman–Crippen LogP) is 8.98. The lowest BCUT2D eigenvalue weighted by Gasteiger charge is -2.27. The fraction of sp³-hybridized carbons (Fsp3) is 0.273. The van der Waals surface area contributed by atoms with E-state index in [1.807, 2.05) is 72.7 Å². The van der Waals surface area contributed by atoms with Crippen molar-refractivity contribution in [1.82, 2.24) is 0 Å². The first-order valence-corrected chi connectivity index (χ1v) is 19.4. The summed E-state index contributed by atoms with van der Waals surface area (Å²) < 4.78 is 33.7. The Bertz CT molecular complexity index is 2370. The average molecular weight is 813 g/mol. The molecule has 6 atom stereocenters. The Kier molecular flexibility index (Phi) is 10.0. The molecule has 9 rings (SSSR count). The Hall–Kier alpha value is -7.04. The van der Waals surface area contributed by atoms with Crippen LogP contribution in [0.1, 0.15) is 49.9 Å². The lowest BCUT2D eigenvalue weighted by molar-refractivity contribution is -0.384. The number of methoxy groups -OCH3 is 2. The summed E-state index contributed by atoms with van der Waals surface area (Å²) in [6.45, 7) is 3.81. The molecule has 0 N–H and O–H groups in total. The number of benzene rings is 5. The van der Waals surface area contributed by atoms with Crippen LogP contribution < -0.4 is 29.0 Å². The molecule has 16 heteroatoms. The first kappa shape index (κ1) is 38.5. The summed E-state index contributed by atoms with van der Waals surface area (Å²) in [7, 11) is 3.05. The predicted molar refractivity (Wildman–Crippen MR) is 223 cm³/mol. The third kappa shape index (κ3) is 7.42. The van der Waals surface area contributed by atoms with Crippen molar-refractivity contribution in [3.05, 3.63) is 128 Å². The molecule has 60 heavy (non-hydrogen) atoms. The average Bonchev–Trinajstić information content (AvgIpc) is 3.94. The topological polar surface area (TPSA) is 179 Å². The van der Waals surface area contributed by atoms with Gasteiger partial charge in [-0.25, -0.2) is 0 Å². The van der Waals surface area contributed by atoms with E-state index in [2.05, 4.69) is 0 Å². The van der Waals surface area contributed by atoms with Gasteiger partial charge in [-0.05, 0) is 109 Å².